The summed E-state index contributed by atoms with van der Waals surface area (Å²) in [7, 11) is 1.65. The number of amides is 1. The molecule has 0 saturated carbocycles. The number of benzene rings is 1. The van der Waals surface area contributed by atoms with Gasteiger partial charge in [0.05, 0.1) is 12.4 Å². The first-order chi connectivity index (χ1) is 11.6. The Balaban J connectivity index is 1.83. The summed E-state index contributed by atoms with van der Waals surface area (Å²) in [6, 6.07) is 7.88. The summed E-state index contributed by atoms with van der Waals surface area (Å²) in [6.45, 7) is 5.51. The van der Waals surface area contributed by atoms with E-state index in [4.69, 9.17) is 4.74 Å². The lowest BCUT2D eigenvalue weighted by molar-refractivity contribution is -0.113. The largest absolute Gasteiger partial charge is 0.383 e. The van der Waals surface area contributed by atoms with Crippen LogP contribution in [0.1, 0.15) is 25.3 Å². The number of methoxy groups -OCH3 is 1. The Morgan fingerprint density at radius 2 is 2.12 bits per heavy atom. The highest BCUT2D eigenvalue weighted by molar-refractivity contribution is 8.01. The summed E-state index contributed by atoms with van der Waals surface area (Å²) in [5.41, 5.74) is 2.01. The Labute approximate surface area is 150 Å². The van der Waals surface area contributed by atoms with E-state index in [-0.39, 0.29) is 5.91 Å². The van der Waals surface area contributed by atoms with Crippen LogP contribution in [0.25, 0.3) is 0 Å². The molecular formula is C16H22N4O2S2. The van der Waals surface area contributed by atoms with Crippen LogP contribution in [0.15, 0.2) is 28.6 Å². The molecule has 0 unspecified atom stereocenters. The standard InChI is InChI=1S/C16H22N4O2S2/c1-11(2)12-6-4-5-7-13(12)18-14(21)10-23-16-20-19-15(24-16)17-8-9-22-3/h4-7,11H,8-10H2,1-3H3,(H,17,19)(H,18,21). The predicted molar refractivity (Wildman–Crippen MR) is 100 cm³/mol. The van der Waals surface area contributed by atoms with Crippen molar-refractivity contribution in [3.63, 3.8) is 0 Å². The highest BCUT2D eigenvalue weighted by Gasteiger charge is 2.11. The second-order valence-corrected chi connectivity index (χ2v) is 7.57. The zero-order valence-electron chi connectivity index (χ0n) is 14.0. The number of anilines is 2. The lowest BCUT2D eigenvalue weighted by atomic mass is 10.0. The van der Waals surface area contributed by atoms with E-state index in [1.807, 2.05) is 24.3 Å². The van der Waals surface area contributed by atoms with Crippen LogP contribution in [-0.4, -0.2) is 42.1 Å². The van der Waals surface area contributed by atoms with Crippen LogP contribution >= 0.6 is 23.1 Å². The molecular weight excluding hydrogens is 344 g/mol. The minimum Gasteiger partial charge on any atom is -0.383 e. The van der Waals surface area contributed by atoms with Gasteiger partial charge in [0.2, 0.25) is 11.0 Å². The van der Waals surface area contributed by atoms with E-state index in [0.29, 0.717) is 24.8 Å². The number of carbonyl (C=O) groups is 1. The fourth-order valence-electron chi connectivity index (χ4n) is 2.03. The van der Waals surface area contributed by atoms with Crippen LogP contribution in [0.4, 0.5) is 10.8 Å². The van der Waals surface area contributed by atoms with Gasteiger partial charge in [0.25, 0.3) is 0 Å². The van der Waals surface area contributed by atoms with Gasteiger partial charge in [-0.15, -0.1) is 10.2 Å². The Bertz CT molecular complexity index is 661. The van der Waals surface area contributed by atoms with E-state index in [0.717, 1.165) is 20.7 Å². The van der Waals surface area contributed by atoms with Gasteiger partial charge in [0, 0.05) is 19.3 Å². The Morgan fingerprint density at radius 1 is 1.33 bits per heavy atom. The van der Waals surface area contributed by atoms with Crippen LogP contribution in [-0.2, 0) is 9.53 Å². The molecule has 1 aromatic carbocycles. The molecule has 6 nitrogen and oxygen atoms in total. The smallest absolute Gasteiger partial charge is 0.234 e. The molecule has 0 spiro atoms. The Hall–Kier alpha value is -1.64. The van der Waals surface area contributed by atoms with Gasteiger partial charge in [-0.2, -0.15) is 0 Å². The topological polar surface area (TPSA) is 76.1 Å². The van der Waals surface area contributed by atoms with Crippen molar-refractivity contribution >= 4 is 39.8 Å². The molecule has 24 heavy (non-hydrogen) atoms. The molecule has 130 valence electrons. The highest BCUT2D eigenvalue weighted by Crippen LogP contribution is 2.27. The first-order valence-corrected chi connectivity index (χ1v) is 9.48. The molecule has 0 atom stereocenters. The van der Waals surface area contributed by atoms with Gasteiger partial charge in [0.1, 0.15) is 0 Å². The first-order valence-electron chi connectivity index (χ1n) is 7.68. The zero-order chi connectivity index (χ0) is 17.4. The maximum absolute atomic E-state index is 12.2. The van der Waals surface area contributed by atoms with Crippen molar-refractivity contribution in [1.82, 2.24) is 10.2 Å². The third-order valence-electron chi connectivity index (χ3n) is 3.17. The van der Waals surface area contributed by atoms with Gasteiger partial charge in [-0.25, -0.2) is 0 Å². The Morgan fingerprint density at radius 3 is 2.88 bits per heavy atom. The molecule has 0 fully saturated rings. The Kier molecular flexibility index (Phi) is 7.48. The van der Waals surface area contributed by atoms with Gasteiger partial charge in [-0.1, -0.05) is 55.1 Å². The molecule has 0 bridgehead atoms. The summed E-state index contributed by atoms with van der Waals surface area (Å²) < 4.78 is 5.73. The third-order valence-corrected chi connectivity index (χ3v) is 5.19. The van der Waals surface area contributed by atoms with E-state index in [1.54, 1.807) is 7.11 Å². The van der Waals surface area contributed by atoms with Gasteiger partial charge in [0.15, 0.2) is 4.34 Å². The quantitative estimate of drug-likeness (QED) is 0.523. The zero-order valence-corrected chi connectivity index (χ0v) is 15.7. The van der Waals surface area contributed by atoms with Gasteiger partial charge in [-0.05, 0) is 17.5 Å². The van der Waals surface area contributed by atoms with E-state index >= 15 is 0 Å². The van der Waals surface area contributed by atoms with Crippen molar-refractivity contribution in [2.24, 2.45) is 0 Å². The summed E-state index contributed by atoms with van der Waals surface area (Å²) in [4.78, 5) is 12.2. The van der Waals surface area contributed by atoms with Crippen molar-refractivity contribution in [3.8, 4) is 0 Å². The minimum absolute atomic E-state index is 0.0443. The van der Waals surface area contributed by atoms with E-state index < -0.39 is 0 Å². The number of hydrogen-bond donors (Lipinski definition) is 2. The van der Waals surface area contributed by atoms with E-state index in [9.17, 15) is 4.79 Å². The monoisotopic (exact) mass is 366 g/mol. The first kappa shape index (κ1) is 18.7. The average Bonchev–Trinajstić information content (AvgIpc) is 3.01. The summed E-state index contributed by atoms with van der Waals surface area (Å²) >= 11 is 2.82. The van der Waals surface area contributed by atoms with Crippen LogP contribution in [0, 0.1) is 0 Å². The maximum atomic E-state index is 12.2. The van der Waals surface area contributed by atoms with Crippen molar-refractivity contribution in [2.75, 3.05) is 36.6 Å². The molecule has 8 heteroatoms. The SMILES string of the molecule is COCCNc1nnc(SCC(=O)Nc2ccccc2C(C)C)s1. The number of carbonyl (C=O) groups excluding carboxylic acids is 1. The fourth-order valence-corrected chi connectivity index (χ4v) is 3.60. The fraction of sp³-hybridized carbons (Fsp3) is 0.438. The van der Waals surface area contributed by atoms with E-state index in [2.05, 4.69) is 34.7 Å². The normalized spacial score (nSPS) is 10.8. The second-order valence-electron chi connectivity index (χ2n) is 5.37. The molecule has 2 aromatic rings. The van der Waals surface area contributed by atoms with Gasteiger partial charge < -0.3 is 15.4 Å². The number of rotatable bonds is 9. The second kappa shape index (κ2) is 9.61. The summed E-state index contributed by atoms with van der Waals surface area (Å²) in [5.74, 6) is 0.620. The van der Waals surface area contributed by atoms with Crippen LogP contribution in [0.5, 0.6) is 0 Å². The number of para-hydroxylation sites is 1. The lowest BCUT2D eigenvalue weighted by Gasteiger charge is -2.13. The molecule has 0 aliphatic carbocycles. The maximum Gasteiger partial charge on any atom is 0.234 e. The van der Waals surface area contributed by atoms with Crippen LogP contribution in [0.2, 0.25) is 0 Å². The van der Waals surface area contributed by atoms with Crippen molar-refractivity contribution in [3.05, 3.63) is 29.8 Å². The molecule has 1 aromatic heterocycles. The number of ether oxygens (including phenoxy) is 1. The van der Waals surface area contributed by atoms with Crippen molar-refractivity contribution in [1.29, 1.82) is 0 Å². The van der Waals surface area contributed by atoms with Crippen molar-refractivity contribution < 1.29 is 9.53 Å². The number of thioether (sulfide) groups is 1. The number of aromatic nitrogens is 2. The third kappa shape index (κ3) is 5.77. The highest BCUT2D eigenvalue weighted by atomic mass is 32.2. The number of hydrogen-bond acceptors (Lipinski definition) is 7. The van der Waals surface area contributed by atoms with Crippen LogP contribution < -0.4 is 10.6 Å². The van der Waals surface area contributed by atoms with E-state index in [1.165, 1.54) is 23.1 Å². The molecule has 0 aliphatic rings. The predicted octanol–water partition coefficient (Wildman–Crippen LogP) is 3.45. The molecule has 0 radical (unpaired) electrons. The molecule has 0 saturated heterocycles. The lowest BCUT2D eigenvalue weighted by Crippen LogP contribution is -2.15. The number of nitrogens with zero attached hydrogens (tertiary/aromatic N) is 2. The van der Waals surface area contributed by atoms with Crippen LogP contribution in [0.3, 0.4) is 0 Å². The molecule has 2 rings (SSSR count). The molecule has 0 aliphatic heterocycles. The molecule has 1 heterocycles. The minimum atomic E-state index is -0.0443. The van der Waals surface area contributed by atoms with Crippen molar-refractivity contribution in [2.45, 2.75) is 24.1 Å². The average molecular weight is 367 g/mol. The summed E-state index contributed by atoms with van der Waals surface area (Å²) in [6.07, 6.45) is 0. The molecule has 2 N–H and O–H groups in total. The number of nitrogens with one attached hydrogen (secondary N) is 2. The van der Waals surface area contributed by atoms with Gasteiger partial charge >= 0.3 is 0 Å². The van der Waals surface area contributed by atoms with Gasteiger partial charge in [-0.3, -0.25) is 4.79 Å². The summed E-state index contributed by atoms with van der Waals surface area (Å²) in [5, 5.41) is 14.9. The molecule has 1 amide bonds.